The van der Waals surface area contributed by atoms with Crippen LogP contribution in [0.2, 0.25) is 0 Å². The summed E-state index contributed by atoms with van der Waals surface area (Å²) in [5.74, 6) is -1.19. The molecule has 1 N–H and O–H groups in total. The van der Waals surface area contributed by atoms with Crippen LogP contribution in [0.3, 0.4) is 0 Å². The number of hydrogen-bond donors (Lipinski definition) is 1. The number of ether oxygens (including phenoxy) is 3. The van der Waals surface area contributed by atoms with Crippen molar-refractivity contribution < 1.29 is 28.5 Å². The van der Waals surface area contributed by atoms with E-state index in [2.05, 4.69) is 24.7 Å². The molecule has 1 aliphatic heterocycles. The van der Waals surface area contributed by atoms with Crippen molar-refractivity contribution in [2.75, 3.05) is 21.1 Å². The number of nitriles is 1. The van der Waals surface area contributed by atoms with Gasteiger partial charge in [0, 0.05) is 32.0 Å². The first kappa shape index (κ1) is 30.3. The first-order valence-corrected chi connectivity index (χ1v) is 12.1. The Balaban J connectivity index is 3.67. The molecular formula is C26H45FN2O5. The van der Waals surface area contributed by atoms with Gasteiger partial charge in [0.05, 0.1) is 35.2 Å². The Morgan fingerprint density at radius 1 is 1.21 bits per heavy atom. The third-order valence-electron chi connectivity index (χ3n) is 7.59. The van der Waals surface area contributed by atoms with E-state index in [1.807, 2.05) is 34.6 Å². The summed E-state index contributed by atoms with van der Waals surface area (Å²) in [7, 11) is 3.34. The van der Waals surface area contributed by atoms with Gasteiger partial charge in [-0.25, -0.2) is 4.39 Å². The Hall–Kier alpha value is -1.69. The zero-order chi connectivity index (χ0) is 26.3. The first-order valence-electron chi connectivity index (χ1n) is 12.1. The average molecular weight is 485 g/mol. The molecule has 34 heavy (non-hydrogen) atoms. The van der Waals surface area contributed by atoms with Gasteiger partial charge in [-0.05, 0) is 39.0 Å². The third kappa shape index (κ3) is 6.93. The quantitative estimate of drug-likeness (QED) is 0.536. The molecule has 9 atom stereocenters. The maximum Gasteiger partial charge on any atom is 0.255 e. The first-order chi connectivity index (χ1) is 15.8. The normalized spacial score (nSPS) is 41.9. The number of methoxy groups -OCH3 is 2. The molecule has 1 rings (SSSR count). The molecular weight excluding hydrogens is 439 g/mol. The topological polar surface area (TPSA) is 93.3 Å². The molecule has 1 heterocycles. The van der Waals surface area contributed by atoms with Crippen molar-refractivity contribution >= 4 is 5.71 Å². The molecule has 7 nitrogen and oxygen atoms in total. The van der Waals surface area contributed by atoms with Crippen LogP contribution >= 0.6 is 0 Å². The van der Waals surface area contributed by atoms with Gasteiger partial charge in [0.25, 0.3) is 6.86 Å². The average Bonchev–Trinajstić information content (AvgIpc) is 2.77. The van der Waals surface area contributed by atoms with Crippen LogP contribution in [0.5, 0.6) is 0 Å². The molecule has 0 radical (unpaired) electrons. The molecule has 0 aromatic heterocycles. The molecule has 0 bridgehead atoms. The Morgan fingerprint density at radius 2 is 1.82 bits per heavy atom. The van der Waals surface area contributed by atoms with Crippen LogP contribution in [0.1, 0.15) is 67.7 Å². The number of halogens is 1. The number of oxime groups is 1. The molecule has 196 valence electrons. The molecule has 8 heteroatoms. The molecule has 0 aliphatic carbocycles. The highest BCUT2D eigenvalue weighted by molar-refractivity contribution is 5.88. The van der Waals surface area contributed by atoms with Crippen LogP contribution < -0.4 is 0 Å². The lowest BCUT2D eigenvalue weighted by molar-refractivity contribution is -0.118. The van der Waals surface area contributed by atoms with Crippen LogP contribution in [-0.2, 0) is 19.0 Å². The maximum absolute atomic E-state index is 12.9. The summed E-state index contributed by atoms with van der Waals surface area (Å²) < 4.78 is 31.0. The Bertz CT molecular complexity index is 737. The lowest BCUT2D eigenvalue weighted by atomic mass is 9.71. The van der Waals surface area contributed by atoms with Gasteiger partial charge < -0.3 is 24.2 Å². The van der Waals surface area contributed by atoms with Gasteiger partial charge in [0.15, 0.2) is 0 Å². The number of alkyl halides is 1. The fourth-order valence-electron chi connectivity index (χ4n) is 5.66. The van der Waals surface area contributed by atoms with Gasteiger partial charge in [0.1, 0.15) is 11.7 Å². The highest BCUT2D eigenvalue weighted by Crippen LogP contribution is 2.39. The zero-order valence-electron chi connectivity index (χ0n) is 22.4. The predicted octanol–water partition coefficient (Wildman–Crippen LogP) is 5.24. The minimum absolute atomic E-state index is 0.0905. The molecule has 0 saturated carbocycles. The number of aliphatic hydroxyl groups is 1. The van der Waals surface area contributed by atoms with E-state index in [1.54, 1.807) is 21.1 Å². The van der Waals surface area contributed by atoms with Crippen molar-refractivity contribution in [3.63, 3.8) is 0 Å². The summed E-state index contributed by atoms with van der Waals surface area (Å²) in [5.41, 5.74) is -1.58. The van der Waals surface area contributed by atoms with Crippen LogP contribution in [0.15, 0.2) is 17.5 Å². The lowest BCUT2D eigenvalue weighted by Crippen LogP contribution is -2.51. The van der Waals surface area contributed by atoms with Gasteiger partial charge in [-0.1, -0.05) is 46.4 Å². The standard InChI is InChI=1S/C26H45FN2O5/c1-11-22-26(8,30)21(14-28)19(5)23(29-33-15-27)16(2)12-25(7,32-10)13-17(3)24(31-9)18(4)20(6)34-22/h16-19,21-22,24,30H,6,11-13,15H2,1-5,7-10H3/b29-23+/t16-,17-,18?,19?,21?,22-,24+,25-,26+/m1/s1. The van der Waals surface area contributed by atoms with Crippen molar-refractivity contribution in [2.24, 2.45) is 34.7 Å². The number of rotatable bonds is 5. The summed E-state index contributed by atoms with van der Waals surface area (Å²) in [6, 6.07) is 2.26. The maximum atomic E-state index is 12.9. The summed E-state index contributed by atoms with van der Waals surface area (Å²) >= 11 is 0. The summed E-state index contributed by atoms with van der Waals surface area (Å²) in [4.78, 5) is 4.81. The van der Waals surface area contributed by atoms with E-state index in [0.717, 1.165) is 0 Å². The van der Waals surface area contributed by atoms with Gasteiger partial charge in [-0.15, -0.1) is 0 Å². The molecule has 1 saturated heterocycles. The van der Waals surface area contributed by atoms with E-state index in [-0.39, 0.29) is 23.9 Å². The van der Waals surface area contributed by atoms with Crippen LogP contribution in [-0.4, -0.2) is 55.3 Å². The summed E-state index contributed by atoms with van der Waals surface area (Å²) in [5, 5.41) is 25.8. The smallest absolute Gasteiger partial charge is 0.255 e. The summed E-state index contributed by atoms with van der Waals surface area (Å²) in [6.45, 7) is 16.5. The SMILES string of the molecule is C=C1O[C@H](CC)[C@@](C)(O)C(C#N)C(C)/C(=N/OCF)[C@H](C)C[C@@](C)(OC)C[C@@H](C)[C@H](OC)C1C. The van der Waals surface area contributed by atoms with Crippen molar-refractivity contribution in [1.82, 2.24) is 0 Å². The van der Waals surface area contributed by atoms with E-state index >= 15 is 0 Å². The highest BCUT2D eigenvalue weighted by atomic mass is 19.1. The molecule has 0 aromatic rings. The van der Waals surface area contributed by atoms with Crippen molar-refractivity contribution in [3.05, 3.63) is 12.3 Å². The van der Waals surface area contributed by atoms with E-state index in [1.165, 1.54) is 0 Å². The van der Waals surface area contributed by atoms with Gasteiger partial charge in [-0.3, -0.25) is 0 Å². The molecule has 0 amide bonds. The van der Waals surface area contributed by atoms with Crippen molar-refractivity contribution in [2.45, 2.75) is 91.1 Å². The van der Waals surface area contributed by atoms with E-state index in [9.17, 15) is 14.8 Å². The van der Waals surface area contributed by atoms with Gasteiger partial charge >= 0.3 is 0 Å². The monoisotopic (exact) mass is 484 g/mol. The van der Waals surface area contributed by atoms with Crippen LogP contribution in [0.4, 0.5) is 4.39 Å². The molecule has 3 unspecified atom stereocenters. The summed E-state index contributed by atoms with van der Waals surface area (Å²) in [6.07, 6.45) is 0.824. The molecule has 0 aromatic carbocycles. The second-order valence-corrected chi connectivity index (χ2v) is 10.3. The van der Waals surface area contributed by atoms with Crippen molar-refractivity contribution in [3.8, 4) is 6.07 Å². The molecule has 1 fully saturated rings. The predicted molar refractivity (Wildman–Crippen MR) is 131 cm³/mol. The molecule has 0 spiro atoms. The van der Waals surface area contributed by atoms with Crippen LogP contribution in [0.25, 0.3) is 0 Å². The number of hydrogen-bond acceptors (Lipinski definition) is 7. The highest BCUT2D eigenvalue weighted by Gasteiger charge is 2.47. The van der Waals surface area contributed by atoms with Crippen molar-refractivity contribution in [1.29, 1.82) is 5.26 Å². The zero-order valence-corrected chi connectivity index (χ0v) is 22.4. The Kier molecular flexibility index (Phi) is 11.5. The van der Waals surface area contributed by atoms with Crippen LogP contribution in [0, 0.1) is 40.9 Å². The lowest BCUT2D eigenvalue weighted by Gasteiger charge is -2.43. The minimum atomic E-state index is -1.54. The van der Waals surface area contributed by atoms with E-state index < -0.39 is 36.0 Å². The van der Waals surface area contributed by atoms with E-state index in [4.69, 9.17) is 19.0 Å². The fraction of sp³-hybridized carbons (Fsp3) is 0.846. The number of nitrogens with zero attached hydrogens (tertiary/aromatic N) is 2. The fourth-order valence-corrected chi connectivity index (χ4v) is 5.66. The third-order valence-corrected chi connectivity index (χ3v) is 7.59. The largest absolute Gasteiger partial charge is 0.492 e. The Morgan fingerprint density at radius 3 is 2.29 bits per heavy atom. The van der Waals surface area contributed by atoms with Gasteiger partial charge in [0.2, 0.25) is 0 Å². The Labute approximate surface area is 205 Å². The second-order valence-electron chi connectivity index (χ2n) is 10.3. The minimum Gasteiger partial charge on any atom is -0.492 e. The van der Waals surface area contributed by atoms with E-state index in [0.29, 0.717) is 30.7 Å². The van der Waals surface area contributed by atoms with Gasteiger partial charge in [-0.2, -0.15) is 5.26 Å². The second kappa shape index (κ2) is 12.9. The molecule has 1 aliphatic rings.